The molecule has 0 saturated carbocycles. The Balaban J connectivity index is 2.47. The highest BCUT2D eigenvalue weighted by atomic mass is 35.5. The van der Waals surface area contributed by atoms with Crippen LogP contribution in [0.4, 0.5) is 0 Å². The second-order valence-corrected chi connectivity index (χ2v) is 3.25. The molecule has 0 aromatic heterocycles. The SMILES string of the molecule is CC1(N)CN(Cl)C1Cl. The fourth-order valence-corrected chi connectivity index (χ4v) is 1.31. The average Bonchev–Trinajstić information content (AvgIpc) is 1.65. The third kappa shape index (κ3) is 0.818. The smallest absolute Gasteiger partial charge is 0.118 e. The van der Waals surface area contributed by atoms with E-state index in [0.717, 1.165) is 0 Å². The Hall–Kier alpha value is 0.500. The summed E-state index contributed by atoms with van der Waals surface area (Å²) < 4.78 is 1.49. The van der Waals surface area contributed by atoms with Gasteiger partial charge in [0.25, 0.3) is 0 Å². The molecule has 2 nitrogen and oxygen atoms in total. The van der Waals surface area contributed by atoms with Gasteiger partial charge >= 0.3 is 0 Å². The summed E-state index contributed by atoms with van der Waals surface area (Å²) >= 11 is 11.2. The molecule has 2 atom stereocenters. The Kier molecular flexibility index (Phi) is 1.44. The molecule has 8 heavy (non-hydrogen) atoms. The van der Waals surface area contributed by atoms with Crippen LogP contribution in [0, 0.1) is 0 Å². The van der Waals surface area contributed by atoms with E-state index >= 15 is 0 Å². The van der Waals surface area contributed by atoms with Gasteiger partial charge in [0.15, 0.2) is 0 Å². The standard InChI is InChI=1S/C4H8Cl2N2/c1-4(7)2-8(6)3(4)5/h3H,2,7H2,1H3. The summed E-state index contributed by atoms with van der Waals surface area (Å²) in [5.41, 5.74) is 5.10. The molecule has 1 saturated heterocycles. The molecule has 1 rings (SSSR count). The van der Waals surface area contributed by atoms with Crippen molar-refractivity contribution in [2.75, 3.05) is 6.54 Å². The molecule has 2 unspecified atom stereocenters. The van der Waals surface area contributed by atoms with Gasteiger partial charge in [0.2, 0.25) is 0 Å². The molecule has 1 fully saturated rings. The first-order valence-electron chi connectivity index (χ1n) is 2.39. The molecule has 0 spiro atoms. The predicted molar refractivity (Wildman–Crippen MR) is 34.8 cm³/mol. The molecule has 0 bridgehead atoms. The van der Waals surface area contributed by atoms with Crippen molar-refractivity contribution in [3.05, 3.63) is 0 Å². The van der Waals surface area contributed by atoms with E-state index < -0.39 is 0 Å². The van der Waals surface area contributed by atoms with Crippen molar-refractivity contribution in [1.82, 2.24) is 4.42 Å². The molecular formula is C4H8Cl2N2. The Morgan fingerprint density at radius 1 is 1.88 bits per heavy atom. The van der Waals surface area contributed by atoms with E-state index in [4.69, 9.17) is 29.1 Å². The molecule has 0 aromatic carbocycles. The summed E-state index contributed by atoms with van der Waals surface area (Å²) in [6.07, 6.45) is 0. The highest BCUT2D eigenvalue weighted by molar-refractivity contribution is 6.27. The fourth-order valence-electron chi connectivity index (χ4n) is 0.689. The summed E-state index contributed by atoms with van der Waals surface area (Å²) in [7, 11) is 0. The Morgan fingerprint density at radius 3 is 2.38 bits per heavy atom. The Morgan fingerprint density at radius 2 is 2.38 bits per heavy atom. The lowest BCUT2D eigenvalue weighted by Crippen LogP contribution is -2.67. The first kappa shape index (κ1) is 6.62. The van der Waals surface area contributed by atoms with Crippen LogP contribution in [0.25, 0.3) is 0 Å². The molecule has 1 heterocycles. The number of hydrogen-bond acceptors (Lipinski definition) is 2. The normalized spacial score (nSPS) is 48.8. The van der Waals surface area contributed by atoms with Crippen molar-refractivity contribution in [2.24, 2.45) is 5.73 Å². The quantitative estimate of drug-likeness (QED) is 0.317. The maximum absolute atomic E-state index is 5.66. The maximum atomic E-state index is 5.66. The minimum absolute atomic E-state index is 0.204. The molecule has 48 valence electrons. The van der Waals surface area contributed by atoms with Crippen molar-refractivity contribution in [3.63, 3.8) is 0 Å². The van der Waals surface area contributed by atoms with E-state index in [9.17, 15) is 0 Å². The minimum Gasteiger partial charge on any atom is -0.322 e. The van der Waals surface area contributed by atoms with E-state index in [1.54, 1.807) is 0 Å². The molecule has 0 radical (unpaired) electrons. The molecule has 0 aromatic rings. The molecule has 2 N–H and O–H groups in total. The van der Waals surface area contributed by atoms with E-state index in [1.165, 1.54) is 4.42 Å². The lowest BCUT2D eigenvalue weighted by Gasteiger charge is -2.45. The highest BCUT2D eigenvalue weighted by Crippen LogP contribution is 2.30. The van der Waals surface area contributed by atoms with Gasteiger partial charge < -0.3 is 5.73 Å². The van der Waals surface area contributed by atoms with Gasteiger partial charge in [-0.2, -0.15) is 4.42 Å². The Bertz CT molecular complexity index is 104. The van der Waals surface area contributed by atoms with Gasteiger partial charge in [-0.1, -0.05) is 0 Å². The zero-order valence-corrected chi connectivity index (χ0v) is 6.08. The monoisotopic (exact) mass is 154 g/mol. The molecule has 4 heteroatoms. The van der Waals surface area contributed by atoms with Crippen LogP contribution >= 0.6 is 23.4 Å². The van der Waals surface area contributed by atoms with E-state index in [0.29, 0.717) is 6.54 Å². The number of rotatable bonds is 0. The summed E-state index contributed by atoms with van der Waals surface area (Å²) in [5, 5.41) is 0. The van der Waals surface area contributed by atoms with Gasteiger partial charge in [0, 0.05) is 6.54 Å². The first-order valence-corrected chi connectivity index (χ1v) is 3.17. The zero-order chi connectivity index (χ0) is 6.36. The fraction of sp³-hybridized carbons (Fsp3) is 1.00. The summed E-state index contributed by atoms with van der Waals surface area (Å²) in [6, 6.07) is 0. The van der Waals surface area contributed by atoms with Crippen LogP contribution in [0.15, 0.2) is 0 Å². The predicted octanol–water partition coefficient (Wildman–Crippen LogP) is 0.738. The maximum Gasteiger partial charge on any atom is 0.118 e. The van der Waals surface area contributed by atoms with Crippen molar-refractivity contribution in [2.45, 2.75) is 18.0 Å². The average molecular weight is 155 g/mol. The van der Waals surface area contributed by atoms with Gasteiger partial charge in [-0.15, -0.1) is 11.6 Å². The van der Waals surface area contributed by atoms with Gasteiger partial charge in [-0.25, -0.2) is 0 Å². The van der Waals surface area contributed by atoms with Crippen molar-refractivity contribution >= 4 is 23.4 Å². The molecule has 1 aliphatic rings. The van der Waals surface area contributed by atoms with Crippen LogP contribution in [-0.2, 0) is 0 Å². The zero-order valence-electron chi connectivity index (χ0n) is 4.56. The van der Waals surface area contributed by atoms with Crippen molar-refractivity contribution in [3.8, 4) is 0 Å². The number of halogens is 2. The van der Waals surface area contributed by atoms with Crippen LogP contribution in [0.5, 0.6) is 0 Å². The van der Waals surface area contributed by atoms with E-state index in [-0.39, 0.29) is 11.0 Å². The van der Waals surface area contributed by atoms with Gasteiger partial charge in [-0.3, -0.25) is 0 Å². The van der Waals surface area contributed by atoms with Crippen molar-refractivity contribution < 1.29 is 0 Å². The third-order valence-electron chi connectivity index (χ3n) is 1.28. The van der Waals surface area contributed by atoms with Gasteiger partial charge in [0.05, 0.1) is 5.54 Å². The molecular weight excluding hydrogens is 147 g/mol. The summed E-state index contributed by atoms with van der Waals surface area (Å²) in [6.45, 7) is 2.55. The second kappa shape index (κ2) is 1.74. The van der Waals surface area contributed by atoms with Gasteiger partial charge in [-0.05, 0) is 18.7 Å². The highest BCUT2D eigenvalue weighted by Gasteiger charge is 2.44. The van der Waals surface area contributed by atoms with Crippen LogP contribution in [0.3, 0.4) is 0 Å². The molecule has 1 aliphatic heterocycles. The molecule has 0 aliphatic carbocycles. The van der Waals surface area contributed by atoms with Crippen LogP contribution < -0.4 is 5.73 Å². The lowest BCUT2D eigenvalue weighted by molar-refractivity contribution is 0.148. The van der Waals surface area contributed by atoms with E-state index in [1.807, 2.05) is 6.92 Å². The van der Waals surface area contributed by atoms with E-state index in [2.05, 4.69) is 0 Å². The molecule has 0 amide bonds. The topological polar surface area (TPSA) is 29.3 Å². The minimum atomic E-state index is -0.288. The number of alkyl halides is 1. The van der Waals surface area contributed by atoms with Crippen LogP contribution in [0.1, 0.15) is 6.92 Å². The van der Waals surface area contributed by atoms with Gasteiger partial charge in [0.1, 0.15) is 5.50 Å². The largest absolute Gasteiger partial charge is 0.322 e. The summed E-state index contributed by atoms with van der Waals surface area (Å²) in [4.78, 5) is 0. The number of nitrogens with zero attached hydrogens (tertiary/aromatic N) is 1. The summed E-state index contributed by atoms with van der Waals surface area (Å²) in [5.74, 6) is 0. The van der Waals surface area contributed by atoms with Crippen LogP contribution in [-0.4, -0.2) is 22.0 Å². The van der Waals surface area contributed by atoms with Crippen LogP contribution in [0.2, 0.25) is 0 Å². The third-order valence-corrected chi connectivity index (χ3v) is 2.43. The Labute approximate surface area is 58.6 Å². The second-order valence-electron chi connectivity index (χ2n) is 2.40. The number of nitrogens with two attached hydrogens (primary N) is 1. The van der Waals surface area contributed by atoms with Crippen molar-refractivity contribution in [1.29, 1.82) is 0 Å². The lowest BCUT2D eigenvalue weighted by atomic mass is 9.97. The first-order chi connectivity index (χ1) is 3.54. The number of hydrogen-bond donors (Lipinski definition) is 1.